The highest BCUT2D eigenvalue weighted by molar-refractivity contribution is 5.98. The van der Waals surface area contributed by atoms with Gasteiger partial charge in [-0.2, -0.15) is 5.10 Å². The quantitative estimate of drug-likeness (QED) is 0.475. The minimum atomic E-state index is -2.70. The van der Waals surface area contributed by atoms with E-state index in [1.54, 1.807) is 29.2 Å². The van der Waals surface area contributed by atoms with Gasteiger partial charge in [0.1, 0.15) is 5.69 Å². The second-order valence-electron chi connectivity index (χ2n) is 8.08. The Morgan fingerprint density at radius 3 is 2.34 bits per heavy atom. The molecule has 0 bridgehead atoms. The van der Waals surface area contributed by atoms with E-state index < -0.39 is 5.92 Å². The Bertz CT molecular complexity index is 1290. The standard InChI is InChI=1S/C24H21F2N5O/c1-30-15-19(13-28-30)16-2-4-17(5-3-16)20-14-27-12-18-6-7-21(29-22(18)20)23(32)31-10-8-24(25,26)9-11-31/h2-7,12-15H,8-11H2,1H3. The maximum absolute atomic E-state index is 13.5. The van der Waals surface area contributed by atoms with Gasteiger partial charge in [0, 0.05) is 68.1 Å². The molecule has 0 spiro atoms. The van der Waals surface area contributed by atoms with Gasteiger partial charge >= 0.3 is 0 Å². The van der Waals surface area contributed by atoms with E-state index in [2.05, 4.69) is 15.1 Å². The van der Waals surface area contributed by atoms with Crippen molar-refractivity contribution in [3.63, 3.8) is 0 Å². The summed E-state index contributed by atoms with van der Waals surface area (Å²) in [4.78, 5) is 23.3. The summed E-state index contributed by atoms with van der Waals surface area (Å²) in [7, 11) is 1.87. The van der Waals surface area contributed by atoms with Gasteiger partial charge in [0.05, 0.1) is 11.7 Å². The zero-order valence-corrected chi connectivity index (χ0v) is 17.5. The van der Waals surface area contributed by atoms with Gasteiger partial charge in [0.25, 0.3) is 11.8 Å². The van der Waals surface area contributed by atoms with Crippen LogP contribution >= 0.6 is 0 Å². The molecule has 1 fully saturated rings. The lowest BCUT2D eigenvalue weighted by Crippen LogP contribution is -2.43. The van der Waals surface area contributed by atoms with Crippen molar-refractivity contribution in [3.8, 4) is 22.3 Å². The van der Waals surface area contributed by atoms with Crippen LogP contribution in [0.4, 0.5) is 8.78 Å². The molecule has 4 heterocycles. The van der Waals surface area contributed by atoms with Crippen molar-refractivity contribution in [2.75, 3.05) is 13.1 Å². The zero-order valence-electron chi connectivity index (χ0n) is 17.5. The Hall–Kier alpha value is -3.68. The largest absolute Gasteiger partial charge is 0.337 e. The molecule has 32 heavy (non-hydrogen) atoms. The fourth-order valence-corrected chi connectivity index (χ4v) is 3.98. The van der Waals surface area contributed by atoms with Gasteiger partial charge < -0.3 is 4.90 Å². The van der Waals surface area contributed by atoms with Crippen LogP contribution in [-0.4, -0.2) is 49.6 Å². The highest BCUT2D eigenvalue weighted by Crippen LogP contribution is 2.30. The van der Waals surface area contributed by atoms with Crippen molar-refractivity contribution in [1.82, 2.24) is 24.6 Å². The summed E-state index contributed by atoms with van der Waals surface area (Å²) in [5.41, 5.74) is 4.70. The maximum atomic E-state index is 13.5. The molecule has 0 aliphatic carbocycles. The number of halogens is 2. The molecule has 1 aliphatic heterocycles. The van der Waals surface area contributed by atoms with Crippen molar-refractivity contribution < 1.29 is 13.6 Å². The van der Waals surface area contributed by atoms with E-state index in [0.29, 0.717) is 5.52 Å². The molecule has 162 valence electrons. The van der Waals surface area contributed by atoms with Crippen LogP contribution in [0.25, 0.3) is 33.2 Å². The number of rotatable bonds is 3. The summed E-state index contributed by atoms with van der Waals surface area (Å²) in [5, 5.41) is 5.01. The van der Waals surface area contributed by atoms with Crippen molar-refractivity contribution in [2.24, 2.45) is 7.05 Å². The Balaban J connectivity index is 1.47. The molecule has 3 aromatic heterocycles. The van der Waals surface area contributed by atoms with Gasteiger partial charge in [0.15, 0.2) is 0 Å². The lowest BCUT2D eigenvalue weighted by Gasteiger charge is -2.31. The van der Waals surface area contributed by atoms with Crippen LogP contribution in [0, 0.1) is 0 Å². The second kappa shape index (κ2) is 7.78. The van der Waals surface area contributed by atoms with Crippen molar-refractivity contribution in [2.45, 2.75) is 18.8 Å². The van der Waals surface area contributed by atoms with Gasteiger partial charge in [-0.15, -0.1) is 0 Å². The van der Waals surface area contributed by atoms with Crippen LogP contribution in [0.3, 0.4) is 0 Å². The minimum absolute atomic E-state index is 0.0323. The summed E-state index contributed by atoms with van der Waals surface area (Å²) in [5.74, 6) is -3.02. The first-order chi connectivity index (χ1) is 15.4. The number of pyridine rings is 2. The summed E-state index contributed by atoms with van der Waals surface area (Å²) >= 11 is 0. The minimum Gasteiger partial charge on any atom is -0.337 e. The topological polar surface area (TPSA) is 63.9 Å². The molecule has 0 unspecified atom stereocenters. The van der Waals surface area contributed by atoms with E-state index in [1.165, 1.54) is 4.90 Å². The number of aromatic nitrogens is 4. The van der Waals surface area contributed by atoms with E-state index in [0.717, 1.165) is 27.6 Å². The van der Waals surface area contributed by atoms with E-state index in [-0.39, 0.29) is 37.5 Å². The summed E-state index contributed by atoms with van der Waals surface area (Å²) in [6.07, 6.45) is 6.56. The fourth-order valence-electron chi connectivity index (χ4n) is 3.98. The molecule has 0 N–H and O–H groups in total. The Labute approximate surface area is 183 Å². The first-order valence-corrected chi connectivity index (χ1v) is 10.4. The van der Waals surface area contributed by atoms with E-state index in [1.807, 2.05) is 43.7 Å². The molecule has 1 aromatic carbocycles. The number of hydrogen-bond acceptors (Lipinski definition) is 4. The van der Waals surface area contributed by atoms with Crippen LogP contribution < -0.4 is 0 Å². The molecule has 0 atom stereocenters. The number of likely N-dealkylation sites (tertiary alicyclic amines) is 1. The number of benzene rings is 1. The Kier molecular flexibility index (Phi) is 4.92. The Morgan fingerprint density at radius 1 is 0.938 bits per heavy atom. The molecule has 0 radical (unpaired) electrons. The third-order valence-electron chi connectivity index (χ3n) is 5.83. The van der Waals surface area contributed by atoms with Gasteiger partial charge in [-0.3, -0.25) is 14.5 Å². The van der Waals surface area contributed by atoms with Gasteiger partial charge in [0.2, 0.25) is 0 Å². The summed E-state index contributed by atoms with van der Waals surface area (Å²) in [6, 6.07) is 11.4. The van der Waals surface area contributed by atoms with Crippen LogP contribution in [0.1, 0.15) is 23.3 Å². The number of amides is 1. The average molecular weight is 433 g/mol. The first kappa shape index (κ1) is 20.2. The third-order valence-corrected chi connectivity index (χ3v) is 5.83. The highest BCUT2D eigenvalue weighted by Gasteiger charge is 2.36. The Morgan fingerprint density at radius 2 is 1.66 bits per heavy atom. The average Bonchev–Trinajstić information content (AvgIpc) is 3.24. The van der Waals surface area contributed by atoms with Gasteiger partial charge in [-0.1, -0.05) is 24.3 Å². The van der Waals surface area contributed by atoms with Crippen molar-refractivity contribution >= 4 is 16.8 Å². The third kappa shape index (κ3) is 3.84. The SMILES string of the molecule is Cn1cc(-c2ccc(-c3cncc4ccc(C(=O)N5CCC(F)(F)CC5)nc34)cc2)cn1. The number of carbonyl (C=O) groups is 1. The smallest absolute Gasteiger partial charge is 0.272 e. The summed E-state index contributed by atoms with van der Waals surface area (Å²) < 4.78 is 28.7. The predicted molar refractivity (Wildman–Crippen MR) is 117 cm³/mol. The number of carbonyl (C=O) groups excluding carboxylic acids is 1. The molecule has 1 amide bonds. The monoisotopic (exact) mass is 433 g/mol. The van der Waals surface area contributed by atoms with Crippen LogP contribution in [0.15, 0.2) is 61.2 Å². The lowest BCUT2D eigenvalue weighted by molar-refractivity contribution is -0.0495. The molecule has 4 aromatic rings. The molecule has 0 saturated carbocycles. The number of fused-ring (bicyclic) bond motifs is 1. The van der Waals surface area contributed by atoms with Gasteiger partial charge in [-0.25, -0.2) is 13.8 Å². The molecule has 5 rings (SSSR count). The number of hydrogen-bond donors (Lipinski definition) is 0. The highest BCUT2D eigenvalue weighted by atomic mass is 19.3. The van der Waals surface area contributed by atoms with Gasteiger partial charge in [-0.05, 0) is 23.3 Å². The van der Waals surface area contributed by atoms with Crippen LogP contribution in [0.2, 0.25) is 0 Å². The normalized spacial score (nSPS) is 15.8. The lowest BCUT2D eigenvalue weighted by atomic mass is 10.0. The van der Waals surface area contributed by atoms with Crippen molar-refractivity contribution in [3.05, 3.63) is 66.9 Å². The van der Waals surface area contributed by atoms with Crippen LogP contribution in [0.5, 0.6) is 0 Å². The summed E-state index contributed by atoms with van der Waals surface area (Å²) in [6.45, 7) is 0.0646. The number of nitrogens with zero attached hydrogens (tertiary/aromatic N) is 5. The molecule has 1 aliphatic rings. The fraction of sp³-hybridized carbons (Fsp3) is 0.250. The van der Waals surface area contributed by atoms with Crippen molar-refractivity contribution in [1.29, 1.82) is 0 Å². The van der Waals surface area contributed by atoms with E-state index in [4.69, 9.17) is 0 Å². The maximum Gasteiger partial charge on any atom is 0.272 e. The first-order valence-electron chi connectivity index (χ1n) is 10.4. The molecule has 8 heteroatoms. The van der Waals surface area contributed by atoms with E-state index in [9.17, 15) is 13.6 Å². The van der Waals surface area contributed by atoms with E-state index >= 15 is 0 Å². The number of aryl methyl sites for hydroxylation is 1. The molecular weight excluding hydrogens is 412 g/mol. The predicted octanol–water partition coefficient (Wildman–Crippen LogP) is 4.57. The molecule has 1 saturated heterocycles. The number of piperidine rings is 1. The van der Waals surface area contributed by atoms with Crippen LogP contribution in [-0.2, 0) is 7.05 Å². The second-order valence-corrected chi connectivity index (χ2v) is 8.08. The molecular formula is C24H21F2N5O. The number of alkyl halides is 2. The molecule has 6 nitrogen and oxygen atoms in total. The zero-order chi connectivity index (χ0) is 22.3.